The number of nitrogens with zero attached hydrogens (tertiary/aromatic N) is 6. The molecule has 9 nitrogen and oxygen atoms in total. The minimum absolute atomic E-state index is 0.0328. The molecular formula is C36H24Cl3N7O2. The number of aromatic nitrogens is 6. The number of hydrogen-bond donors (Lipinski definition) is 3. The fourth-order valence-electron chi connectivity index (χ4n) is 5.42. The molecule has 4 N–H and O–H groups in total. The Hall–Kier alpha value is -5.61. The number of imidazole rings is 2. The van der Waals surface area contributed by atoms with Gasteiger partial charge in [-0.15, -0.1) is 0 Å². The van der Waals surface area contributed by atoms with Crippen molar-refractivity contribution >= 4 is 51.9 Å². The average molecular weight is 693 g/mol. The number of benzene rings is 4. The van der Waals surface area contributed by atoms with Gasteiger partial charge in [0.25, 0.3) is 0 Å². The minimum Gasteiger partial charge on any atom is -0.506 e. The molecule has 48 heavy (non-hydrogen) atoms. The third-order valence-corrected chi connectivity index (χ3v) is 8.46. The summed E-state index contributed by atoms with van der Waals surface area (Å²) in [6.07, 6.45) is 7.00. The number of phenolic OH excluding ortho intramolecular Hbond substituents is 2. The molecular weight excluding hydrogens is 669 g/mol. The highest BCUT2D eigenvalue weighted by Crippen LogP contribution is 2.38. The van der Waals surface area contributed by atoms with Crippen LogP contribution in [0, 0.1) is 0 Å². The average Bonchev–Trinajstić information content (AvgIpc) is 3.80. The molecule has 0 radical (unpaired) electrons. The van der Waals surface area contributed by atoms with E-state index in [-0.39, 0.29) is 21.5 Å². The van der Waals surface area contributed by atoms with Crippen LogP contribution in [0.25, 0.3) is 56.3 Å². The smallest absolute Gasteiger partial charge is 0.180 e. The summed E-state index contributed by atoms with van der Waals surface area (Å²) >= 11 is 18.5. The van der Waals surface area contributed by atoms with E-state index in [0.29, 0.717) is 28.0 Å². The number of anilines is 1. The quantitative estimate of drug-likeness (QED) is 0.168. The molecule has 8 rings (SSSR count). The number of rotatable bonds is 4. The molecule has 0 unspecified atom stereocenters. The first-order valence-electron chi connectivity index (χ1n) is 14.5. The molecule has 4 aromatic carbocycles. The maximum absolute atomic E-state index is 9.71. The molecule has 0 aliphatic carbocycles. The van der Waals surface area contributed by atoms with Crippen LogP contribution < -0.4 is 5.73 Å². The number of hydrogen-bond acceptors (Lipinski definition) is 7. The number of fused-ring (bicyclic) bond motifs is 2. The first kappa shape index (κ1) is 31.0. The molecule has 0 saturated carbocycles. The van der Waals surface area contributed by atoms with E-state index in [9.17, 15) is 10.2 Å². The lowest BCUT2D eigenvalue weighted by Gasteiger charge is -2.14. The van der Waals surface area contributed by atoms with Crippen molar-refractivity contribution in [1.82, 2.24) is 28.7 Å². The lowest BCUT2D eigenvalue weighted by Crippen LogP contribution is -2.03. The lowest BCUT2D eigenvalue weighted by atomic mass is 10.0. The van der Waals surface area contributed by atoms with Gasteiger partial charge in [0, 0.05) is 47.0 Å². The molecule has 0 saturated heterocycles. The highest BCUT2D eigenvalue weighted by Gasteiger charge is 2.19. The van der Waals surface area contributed by atoms with E-state index in [1.165, 1.54) is 0 Å². The second-order valence-corrected chi connectivity index (χ2v) is 11.8. The van der Waals surface area contributed by atoms with Gasteiger partial charge in [-0.3, -0.25) is 8.80 Å². The van der Waals surface area contributed by atoms with Crippen molar-refractivity contribution in [3.63, 3.8) is 0 Å². The zero-order valence-corrected chi connectivity index (χ0v) is 27.1. The molecule has 0 fully saturated rings. The second kappa shape index (κ2) is 12.9. The molecule has 0 atom stereocenters. The SMILES string of the molecule is Nc1nc(-c2ccccc2)c(-c2ccc(O)c(Cl)c2)n2ccnc12.Oc1ccc(-c2c(-c3ccccc3)nc(Cl)c3nccn23)cc1Cl. The molecule has 0 amide bonds. The molecule has 0 aliphatic heterocycles. The largest absolute Gasteiger partial charge is 0.506 e. The van der Waals surface area contributed by atoms with Crippen LogP contribution in [0.5, 0.6) is 11.5 Å². The van der Waals surface area contributed by atoms with E-state index in [1.807, 2.05) is 81.9 Å². The van der Waals surface area contributed by atoms with Crippen molar-refractivity contribution in [2.24, 2.45) is 0 Å². The zero-order chi connectivity index (χ0) is 33.4. The molecule has 0 aliphatic rings. The fourth-order valence-corrected chi connectivity index (χ4v) is 6.00. The summed E-state index contributed by atoms with van der Waals surface area (Å²) in [5, 5.41) is 20.3. The zero-order valence-electron chi connectivity index (χ0n) is 24.8. The summed E-state index contributed by atoms with van der Waals surface area (Å²) in [4.78, 5) is 17.6. The van der Waals surface area contributed by atoms with Gasteiger partial charge in [-0.1, -0.05) is 95.5 Å². The Morgan fingerprint density at radius 2 is 1.00 bits per heavy atom. The van der Waals surface area contributed by atoms with E-state index >= 15 is 0 Å². The van der Waals surface area contributed by atoms with Gasteiger partial charge in [-0.05, 0) is 36.4 Å². The highest BCUT2D eigenvalue weighted by atomic mass is 35.5. The van der Waals surface area contributed by atoms with Crippen molar-refractivity contribution in [1.29, 1.82) is 0 Å². The summed E-state index contributed by atoms with van der Waals surface area (Å²) < 4.78 is 3.76. The lowest BCUT2D eigenvalue weighted by molar-refractivity contribution is 0.475. The van der Waals surface area contributed by atoms with E-state index in [1.54, 1.807) is 48.8 Å². The summed E-state index contributed by atoms with van der Waals surface area (Å²) in [5.41, 5.74) is 13.8. The first-order chi connectivity index (χ1) is 23.3. The van der Waals surface area contributed by atoms with Crippen LogP contribution in [0.2, 0.25) is 15.2 Å². The molecule has 8 aromatic rings. The van der Waals surface area contributed by atoms with Crippen LogP contribution >= 0.6 is 34.8 Å². The minimum atomic E-state index is 0.0328. The highest BCUT2D eigenvalue weighted by molar-refractivity contribution is 6.33. The standard InChI is InChI=1S/C18H11Cl2N3O.C18H13ClN4O/c2*19-13-10-12(6-7-14(13)24)16-15(11-4-2-1-3-5-11)22-17(20)18-21-8-9-23(16)18/h1-10,24H;1-10,24H,(H2,20,22). The van der Waals surface area contributed by atoms with Crippen molar-refractivity contribution in [2.45, 2.75) is 0 Å². The number of aromatic hydroxyl groups is 2. The third kappa shape index (κ3) is 5.75. The van der Waals surface area contributed by atoms with Gasteiger partial charge in [0.1, 0.15) is 11.5 Å². The van der Waals surface area contributed by atoms with Gasteiger partial charge in [-0.25, -0.2) is 19.9 Å². The van der Waals surface area contributed by atoms with Gasteiger partial charge in [0.15, 0.2) is 22.3 Å². The molecule has 0 spiro atoms. The van der Waals surface area contributed by atoms with Gasteiger partial charge in [0.05, 0.1) is 32.8 Å². The Labute approximate surface area is 289 Å². The molecule has 12 heteroatoms. The Morgan fingerprint density at radius 3 is 1.50 bits per heavy atom. The summed E-state index contributed by atoms with van der Waals surface area (Å²) in [7, 11) is 0. The second-order valence-electron chi connectivity index (χ2n) is 10.6. The summed E-state index contributed by atoms with van der Waals surface area (Å²) in [6.45, 7) is 0. The molecule has 4 heterocycles. The Bertz CT molecular complexity index is 2260. The van der Waals surface area contributed by atoms with Crippen LogP contribution in [-0.4, -0.2) is 39.0 Å². The van der Waals surface area contributed by atoms with Gasteiger partial charge >= 0.3 is 0 Å². The van der Waals surface area contributed by atoms with E-state index in [4.69, 9.17) is 40.5 Å². The van der Waals surface area contributed by atoms with E-state index < -0.39 is 0 Å². The van der Waals surface area contributed by atoms with Crippen molar-refractivity contribution in [3.05, 3.63) is 137 Å². The van der Waals surface area contributed by atoms with E-state index in [0.717, 1.165) is 39.3 Å². The predicted octanol–water partition coefficient (Wildman–Crippen LogP) is 9.08. The molecule has 236 valence electrons. The fraction of sp³-hybridized carbons (Fsp3) is 0. The normalized spacial score (nSPS) is 11.1. The van der Waals surface area contributed by atoms with Crippen LogP contribution in [0.15, 0.2) is 122 Å². The molecule has 4 aromatic heterocycles. The Morgan fingerprint density at radius 1 is 0.542 bits per heavy atom. The van der Waals surface area contributed by atoms with Gasteiger partial charge in [0.2, 0.25) is 0 Å². The molecule has 0 bridgehead atoms. The van der Waals surface area contributed by atoms with Crippen LogP contribution in [0.3, 0.4) is 0 Å². The van der Waals surface area contributed by atoms with Crippen molar-refractivity contribution in [2.75, 3.05) is 5.73 Å². The van der Waals surface area contributed by atoms with Crippen LogP contribution in [-0.2, 0) is 0 Å². The van der Waals surface area contributed by atoms with Crippen LogP contribution in [0.4, 0.5) is 5.82 Å². The number of phenols is 2. The Balaban J connectivity index is 0.000000152. The Kier molecular flexibility index (Phi) is 8.33. The van der Waals surface area contributed by atoms with Gasteiger partial charge in [-0.2, -0.15) is 0 Å². The monoisotopic (exact) mass is 691 g/mol. The number of halogens is 3. The van der Waals surface area contributed by atoms with Crippen molar-refractivity contribution in [3.8, 4) is 56.5 Å². The third-order valence-electron chi connectivity index (χ3n) is 7.60. The predicted molar refractivity (Wildman–Crippen MR) is 190 cm³/mol. The maximum Gasteiger partial charge on any atom is 0.180 e. The summed E-state index contributed by atoms with van der Waals surface area (Å²) in [5.74, 6) is 0.421. The first-order valence-corrected chi connectivity index (χ1v) is 15.7. The van der Waals surface area contributed by atoms with Crippen molar-refractivity contribution < 1.29 is 10.2 Å². The van der Waals surface area contributed by atoms with E-state index in [2.05, 4.69) is 19.9 Å². The summed E-state index contributed by atoms with van der Waals surface area (Å²) in [6, 6.07) is 29.6. The topological polar surface area (TPSA) is 127 Å². The number of nitrogens with two attached hydrogens (primary N) is 1. The number of nitrogen functional groups attached to an aromatic ring is 1. The van der Waals surface area contributed by atoms with Gasteiger partial charge < -0.3 is 15.9 Å². The maximum atomic E-state index is 9.71. The van der Waals surface area contributed by atoms with Crippen LogP contribution in [0.1, 0.15) is 0 Å².